The van der Waals surface area contributed by atoms with Gasteiger partial charge in [-0.15, -0.1) is 0 Å². The van der Waals surface area contributed by atoms with Crippen molar-refractivity contribution in [1.82, 2.24) is 0 Å². The van der Waals surface area contributed by atoms with Gasteiger partial charge in [-0.2, -0.15) is 10.2 Å². The van der Waals surface area contributed by atoms with Gasteiger partial charge in [-0.05, 0) is 19.7 Å². The van der Waals surface area contributed by atoms with Crippen LogP contribution in [0.1, 0.15) is 0 Å². The minimum atomic E-state index is -2.23. The SMILES string of the molecule is O=[N+]([O-])C1=C[C-]([N+](=O)[O-])C(N=NC2C([N+](=O)[O-])=CC([N+](=O)[O-])=C[C-]2[N+](=O)[O-])C([N+](=O)[O-])=C1. The molecule has 0 spiro atoms. The predicted octanol–water partition coefficient (Wildman–Crippen LogP) is 0.463. The van der Waals surface area contributed by atoms with E-state index in [-0.39, 0.29) is 0 Å². The summed E-state index contributed by atoms with van der Waals surface area (Å²) in [6.45, 7) is 0. The molecule has 0 amide bonds. The Morgan fingerprint density at radius 1 is 0.594 bits per heavy atom. The largest absolute Gasteiger partial charge is 0.277 e. The van der Waals surface area contributed by atoms with Gasteiger partial charge in [0.15, 0.2) is 12.1 Å². The van der Waals surface area contributed by atoms with Gasteiger partial charge in [0.25, 0.3) is 11.4 Å². The molecule has 2 aliphatic rings. The lowest BCUT2D eigenvalue weighted by Gasteiger charge is -2.24. The highest BCUT2D eigenvalue weighted by molar-refractivity contribution is 5.35. The van der Waals surface area contributed by atoms with Crippen LogP contribution < -0.4 is 0 Å². The van der Waals surface area contributed by atoms with E-state index < -0.39 is 76.5 Å². The first kappa shape index (κ1) is 23.0. The number of azo groups is 1. The zero-order valence-electron chi connectivity index (χ0n) is 14.9. The van der Waals surface area contributed by atoms with Gasteiger partial charge in [-0.1, -0.05) is 12.2 Å². The van der Waals surface area contributed by atoms with E-state index in [4.69, 9.17) is 0 Å². The number of nitrogens with zero attached hydrogens (tertiary/aromatic N) is 8. The van der Waals surface area contributed by atoms with Gasteiger partial charge in [0, 0.05) is 12.2 Å². The highest BCUT2D eigenvalue weighted by Crippen LogP contribution is 2.33. The molecule has 0 bridgehead atoms. The fourth-order valence-electron chi connectivity index (χ4n) is 2.50. The zero-order chi connectivity index (χ0) is 24.3. The van der Waals surface area contributed by atoms with Crippen LogP contribution in [0.2, 0.25) is 0 Å². The summed E-state index contributed by atoms with van der Waals surface area (Å²) in [5.41, 5.74) is -4.48. The Morgan fingerprint density at radius 2 is 0.906 bits per heavy atom. The fraction of sp³-hybridized carbons (Fsp3) is 0.167. The first-order valence-electron chi connectivity index (χ1n) is 7.71. The molecular weight excluding hydrogens is 448 g/mol. The van der Waals surface area contributed by atoms with Crippen molar-refractivity contribution in [1.29, 1.82) is 0 Å². The Labute approximate surface area is 172 Å². The summed E-state index contributed by atoms with van der Waals surface area (Å²) in [5.74, 6) is 0. The molecule has 2 aliphatic carbocycles. The third-order valence-electron chi connectivity index (χ3n) is 3.87. The van der Waals surface area contributed by atoms with Crippen LogP contribution in [-0.4, -0.2) is 41.6 Å². The van der Waals surface area contributed by atoms with Gasteiger partial charge < -0.3 is 0 Å². The van der Waals surface area contributed by atoms with Crippen molar-refractivity contribution < 1.29 is 29.5 Å². The van der Waals surface area contributed by atoms with E-state index in [1.165, 1.54) is 0 Å². The number of nitro groups is 6. The van der Waals surface area contributed by atoms with Crippen molar-refractivity contribution in [3.05, 3.63) is 120 Å². The van der Waals surface area contributed by atoms with Crippen molar-refractivity contribution in [2.75, 3.05) is 0 Å². The van der Waals surface area contributed by atoms with Crippen LogP contribution in [0, 0.1) is 72.8 Å². The average Bonchev–Trinajstić information content (AvgIpc) is 2.70. The second kappa shape index (κ2) is 8.60. The van der Waals surface area contributed by atoms with Crippen molar-refractivity contribution in [3.8, 4) is 0 Å². The van der Waals surface area contributed by atoms with Crippen molar-refractivity contribution >= 4 is 0 Å². The summed E-state index contributed by atoms with van der Waals surface area (Å²) in [4.78, 5) is 59.4. The Bertz CT molecular complexity index is 1000. The molecule has 0 saturated carbocycles. The lowest BCUT2D eigenvalue weighted by atomic mass is 9.98. The van der Waals surface area contributed by atoms with Crippen molar-refractivity contribution in [3.63, 3.8) is 0 Å². The van der Waals surface area contributed by atoms with Crippen molar-refractivity contribution in [2.45, 2.75) is 12.1 Å². The molecule has 0 fully saturated rings. The maximum atomic E-state index is 11.2. The highest BCUT2D eigenvalue weighted by atomic mass is 16.7. The van der Waals surface area contributed by atoms with Crippen LogP contribution in [0.25, 0.3) is 0 Å². The summed E-state index contributed by atoms with van der Waals surface area (Å²) in [6, 6.07) is -6.88. The molecule has 0 aromatic carbocycles. The molecule has 0 radical (unpaired) electrons. The minimum absolute atomic E-state index is 0.338. The van der Waals surface area contributed by atoms with Gasteiger partial charge in [0.05, 0.1) is 9.85 Å². The summed E-state index contributed by atoms with van der Waals surface area (Å²) < 4.78 is 0. The Kier molecular flexibility index (Phi) is 6.18. The molecule has 0 saturated heterocycles. The molecular formula is C12H6N8O12-2. The van der Waals surface area contributed by atoms with Crippen LogP contribution in [-0.2, 0) is 0 Å². The Hall–Kier alpha value is -5.30. The first-order chi connectivity index (χ1) is 14.8. The summed E-state index contributed by atoms with van der Waals surface area (Å²) >= 11 is 0. The molecule has 0 N–H and O–H groups in total. The molecule has 2 unspecified atom stereocenters. The summed E-state index contributed by atoms with van der Waals surface area (Å²) in [7, 11) is 0. The first-order valence-corrected chi connectivity index (χ1v) is 7.71. The quantitative estimate of drug-likeness (QED) is 0.209. The molecule has 20 heteroatoms. The third-order valence-corrected chi connectivity index (χ3v) is 3.87. The maximum Gasteiger partial charge on any atom is 0.254 e. The summed E-state index contributed by atoms with van der Waals surface area (Å²) in [5, 5.41) is 73.2. The van der Waals surface area contributed by atoms with Crippen LogP contribution in [0.15, 0.2) is 57.3 Å². The van der Waals surface area contributed by atoms with Crippen molar-refractivity contribution in [2.24, 2.45) is 10.2 Å². The molecule has 20 nitrogen and oxygen atoms in total. The Balaban J connectivity index is 2.58. The molecule has 2 rings (SSSR count). The minimum Gasteiger partial charge on any atom is -0.277 e. The predicted molar refractivity (Wildman–Crippen MR) is 93.2 cm³/mol. The standard InChI is InChI=1S/C12H6N8O12/c21-15(22)5-1-7(17(25)26)11(8(2-5)18(27)28)13-14-12-9(19(29)30)3-6(16(23)24)4-10(12)20(31)32/h1-4,11-12H/q-2. The smallest absolute Gasteiger partial charge is 0.254 e. The van der Waals surface area contributed by atoms with E-state index >= 15 is 0 Å². The third kappa shape index (κ3) is 4.47. The van der Waals surface area contributed by atoms with Crippen LogP contribution in [0.4, 0.5) is 0 Å². The average molecular weight is 454 g/mol. The lowest BCUT2D eigenvalue weighted by molar-refractivity contribution is -0.483. The second-order valence-electron chi connectivity index (χ2n) is 5.71. The lowest BCUT2D eigenvalue weighted by Crippen LogP contribution is -2.33. The van der Waals surface area contributed by atoms with Gasteiger partial charge in [-0.3, -0.25) is 60.7 Å². The molecule has 0 aromatic heterocycles. The van der Waals surface area contributed by atoms with E-state index in [1.54, 1.807) is 0 Å². The van der Waals surface area contributed by atoms with E-state index in [0.717, 1.165) is 0 Å². The van der Waals surface area contributed by atoms with Crippen LogP contribution >= 0.6 is 0 Å². The topological polar surface area (TPSA) is 284 Å². The van der Waals surface area contributed by atoms with Crippen LogP contribution in [0.5, 0.6) is 0 Å². The second-order valence-corrected chi connectivity index (χ2v) is 5.71. The van der Waals surface area contributed by atoms with Crippen LogP contribution in [0.3, 0.4) is 0 Å². The molecule has 168 valence electrons. The molecule has 2 atom stereocenters. The molecule has 0 aliphatic heterocycles. The van der Waals surface area contributed by atoms with E-state index in [1.807, 2.05) is 0 Å². The highest BCUT2D eigenvalue weighted by Gasteiger charge is 2.42. The number of allylic oxidation sites excluding steroid dienone is 2. The normalized spacial score (nSPS) is 20.6. The number of rotatable bonds is 8. The number of hydrogen-bond donors (Lipinski definition) is 0. The van der Waals surface area contributed by atoms with E-state index in [9.17, 15) is 60.7 Å². The van der Waals surface area contributed by atoms with E-state index in [2.05, 4.69) is 10.2 Å². The Morgan fingerprint density at radius 3 is 1.12 bits per heavy atom. The molecule has 32 heavy (non-hydrogen) atoms. The van der Waals surface area contributed by atoms with Gasteiger partial charge in [0.2, 0.25) is 0 Å². The fourth-order valence-corrected chi connectivity index (χ4v) is 2.50. The van der Waals surface area contributed by atoms with E-state index in [0.29, 0.717) is 24.3 Å². The van der Waals surface area contributed by atoms with Gasteiger partial charge in [-0.25, -0.2) is 0 Å². The molecule has 0 heterocycles. The molecule has 0 aromatic rings. The van der Waals surface area contributed by atoms with Gasteiger partial charge >= 0.3 is 0 Å². The number of hydrogen-bond acceptors (Lipinski definition) is 14. The van der Waals surface area contributed by atoms with Gasteiger partial charge in [0.1, 0.15) is 23.5 Å². The zero-order valence-corrected chi connectivity index (χ0v) is 14.9. The maximum absolute atomic E-state index is 11.2. The monoisotopic (exact) mass is 454 g/mol. The summed E-state index contributed by atoms with van der Waals surface area (Å²) in [6.07, 6.45) is 1.35.